The minimum Gasteiger partial charge on any atom is -0.332 e. The molecule has 5 heteroatoms. The molecule has 0 saturated carbocycles. The molecule has 18 heavy (non-hydrogen) atoms. The van der Waals surface area contributed by atoms with E-state index >= 15 is 0 Å². The molecule has 0 spiro atoms. The smallest absolute Gasteiger partial charge is 0.264 e. The van der Waals surface area contributed by atoms with Crippen LogP contribution in [-0.2, 0) is 0 Å². The topological polar surface area (TPSA) is 32.3 Å². The summed E-state index contributed by atoms with van der Waals surface area (Å²) in [6.07, 6.45) is 0. The molecule has 2 saturated heterocycles. The summed E-state index contributed by atoms with van der Waals surface area (Å²) in [5.74, 6) is 1.39. The van der Waals surface area contributed by atoms with Crippen molar-refractivity contribution in [1.82, 2.24) is 10.2 Å². The standard InChI is InChI=1S/C13H17BrN2OS/c1-13(2)9-6-15-5-8(9)7-16(13)12(17)10-3-4-11(14)18-10/h3-4,8-9,15H,5-7H2,1-2H3. The third-order valence-electron chi connectivity index (χ3n) is 4.39. The highest BCUT2D eigenvalue weighted by atomic mass is 79.9. The van der Waals surface area contributed by atoms with Gasteiger partial charge in [0.25, 0.3) is 5.91 Å². The molecule has 3 nitrogen and oxygen atoms in total. The van der Waals surface area contributed by atoms with E-state index in [1.807, 2.05) is 12.1 Å². The molecule has 98 valence electrons. The Kier molecular flexibility index (Phi) is 3.03. The fraction of sp³-hybridized carbons (Fsp3) is 0.615. The van der Waals surface area contributed by atoms with Gasteiger partial charge in [-0.25, -0.2) is 0 Å². The van der Waals surface area contributed by atoms with E-state index in [4.69, 9.17) is 0 Å². The molecule has 3 rings (SSSR count). The molecule has 1 amide bonds. The second-order valence-corrected chi connectivity index (χ2v) is 8.16. The fourth-order valence-electron chi connectivity index (χ4n) is 3.33. The average molecular weight is 329 g/mol. The summed E-state index contributed by atoms with van der Waals surface area (Å²) in [5.41, 5.74) is -0.0400. The van der Waals surface area contributed by atoms with Gasteiger partial charge in [0.1, 0.15) is 0 Å². The Hall–Kier alpha value is -0.390. The molecular formula is C13H17BrN2OS. The molecule has 2 aliphatic rings. The lowest BCUT2D eigenvalue weighted by Crippen LogP contribution is -2.47. The zero-order valence-electron chi connectivity index (χ0n) is 10.6. The van der Waals surface area contributed by atoms with Crippen LogP contribution in [0.5, 0.6) is 0 Å². The van der Waals surface area contributed by atoms with E-state index in [0.717, 1.165) is 28.3 Å². The molecule has 1 N–H and O–H groups in total. The van der Waals surface area contributed by atoms with Crippen LogP contribution >= 0.6 is 27.3 Å². The van der Waals surface area contributed by atoms with Gasteiger partial charge in [-0.3, -0.25) is 4.79 Å². The molecule has 0 bridgehead atoms. The van der Waals surface area contributed by atoms with Gasteiger partial charge >= 0.3 is 0 Å². The Morgan fingerprint density at radius 1 is 1.50 bits per heavy atom. The van der Waals surface area contributed by atoms with Gasteiger partial charge in [-0.15, -0.1) is 11.3 Å². The van der Waals surface area contributed by atoms with Crippen LogP contribution < -0.4 is 5.32 Å². The van der Waals surface area contributed by atoms with Crippen molar-refractivity contribution in [3.05, 3.63) is 20.8 Å². The second kappa shape index (κ2) is 4.32. The number of nitrogens with one attached hydrogen (secondary N) is 1. The quantitative estimate of drug-likeness (QED) is 0.859. The van der Waals surface area contributed by atoms with E-state index in [-0.39, 0.29) is 11.4 Å². The van der Waals surface area contributed by atoms with Crippen LogP contribution in [0.15, 0.2) is 15.9 Å². The number of hydrogen-bond donors (Lipinski definition) is 1. The highest BCUT2D eigenvalue weighted by Crippen LogP contribution is 2.41. The normalized spacial score (nSPS) is 29.6. The van der Waals surface area contributed by atoms with Crippen LogP contribution in [0.25, 0.3) is 0 Å². The van der Waals surface area contributed by atoms with Crippen molar-refractivity contribution >= 4 is 33.2 Å². The minimum absolute atomic E-state index is 0.0400. The lowest BCUT2D eigenvalue weighted by atomic mass is 9.85. The Balaban J connectivity index is 1.87. The Morgan fingerprint density at radius 3 is 2.89 bits per heavy atom. The van der Waals surface area contributed by atoms with Crippen LogP contribution in [0.2, 0.25) is 0 Å². The molecular weight excluding hydrogens is 312 g/mol. The predicted octanol–water partition coefficient (Wildman–Crippen LogP) is 2.58. The molecule has 2 aliphatic heterocycles. The minimum atomic E-state index is -0.0400. The molecule has 0 aliphatic carbocycles. The number of amides is 1. The maximum absolute atomic E-state index is 12.6. The summed E-state index contributed by atoms with van der Waals surface area (Å²) >= 11 is 4.95. The van der Waals surface area contributed by atoms with Gasteiger partial charge in [0.05, 0.1) is 8.66 Å². The van der Waals surface area contributed by atoms with E-state index in [1.54, 1.807) is 0 Å². The molecule has 2 unspecified atom stereocenters. The molecule has 3 heterocycles. The highest BCUT2D eigenvalue weighted by Gasteiger charge is 2.51. The van der Waals surface area contributed by atoms with Gasteiger partial charge in [-0.2, -0.15) is 0 Å². The number of rotatable bonds is 1. The summed E-state index contributed by atoms with van der Waals surface area (Å²) in [6.45, 7) is 7.37. The van der Waals surface area contributed by atoms with Gasteiger partial charge in [0.2, 0.25) is 0 Å². The van der Waals surface area contributed by atoms with E-state index in [0.29, 0.717) is 11.8 Å². The van der Waals surface area contributed by atoms with Crippen LogP contribution in [0.1, 0.15) is 23.5 Å². The van der Waals surface area contributed by atoms with Crippen LogP contribution in [-0.4, -0.2) is 36.0 Å². The predicted molar refractivity (Wildman–Crippen MR) is 77.0 cm³/mol. The summed E-state index contributed by atoms with van der Waals surface area (Å²) < 4.78 is 1.02. The van der Waals surface area contributed by atoms with E-state index in [1.165, 1.54) is 11.3 Å². The van der Waals surface area contributed by atoms with Crippen molar-refractivity contribution < 1.29 is 4.79 Å². The Morgan fingerprint density at radius 2 is 2.28 bits per heavy atom. The van der Waals surface area contributed by atoms with Crippen LogP contribution in [0, 0.1) is 11.8 Å². The monoisotopic (exact) mass is 328 g/mol. The zero-order chi connectivity index (χ0) is 12.9. The first-order chi connectivity index (χ1) is 8.50. The number of likely N-dealkylation sites (tertiary alicyclic amines) is 1. The van der Waals surface area contributed by atoms with Crippen molar-refractivity contribution in [2.75, 3.05) is 19.6 Å². The first-order valence-corrected chi connectivity index (χ1v) is 7.89. The molecule has 1 aromatic rings. The lowest BCUT2D eigenvalue weighted by Gasteiger charge is -2.35. The zero-order valence-corrected chi connectivity index (χ0v) is 13.0. The van der Waals surface area contributed by atoms with Gasteiger partial charge < -0.3 is 10.2 Å². The molecule has 2 atom stereocenters. The number of halogens is 1. The maximum atomic E-state index is 12.6. The van der Waals surface area contributed by atoms with E-state index < -0.39 is 0 Å². The Labute approximate surface area is 120 Å². The summed E-state index contributed by atoms with van der Waals surface area (Å²) in [4.78, 5) is 15.5. The number of thiophene rings is 1. The highest BCUT2D eigenvalue weighted by molar-refractivity contribution is 9.11. The largest absolute Gasteiger partial charge is 0.332 e. The summed E-state index contributed by atoms with van der Waals surface area (Å²) in [7, 11) is 0. The first kappa shape index (κ1) is 12.6. The number of carbonyl (C=O) groups is 1. The molecule has 0 radical (unpaired) electrons. The van der Waals surface area contributed by atoms with Gasteiger partial charge in [0.15, 0.2) is 0 Å². The van der Waals surface area contributed by atoms with E-state index in [9.17, 15) is 4.79 Å². The lowest BCUT2D eigenvalue weighted by molar-refractivity contribution is 0.0608. The van der Waals surface area contributed by atoms with Gasteiger partial charge in [0, 0.05) is 25.2 Å². The molecule has 0 aromatic carbocycles. The fourth-order valence-corrected chi connectivity index (χ4v) is 4.66. The maximum Gasteiger partial charge on any atom is 0.264 e. The van der Waals surface area contributed by atoms with Crippen molar-refractivity contribution in [1.29, 1.82) is 0 Å². The van der Waals surface area contributed by atoms with Crippen molar-refractivity contribution in [2.24, 2.45) is 11.8 Å². The average Bonchev–Trinajstić information content (AvgIpc) is 2.96. The van der Waals surface area contributed by atoms with Gasteiger partial charge in [-0.05, 0) is 53.7 Å². The third kappa shape index (κ3) is 1.84. The van der Waals surface area contributed by atoms with E-state index in [2.05, 4.69) is 40.0 Å². The first-order valence-electron chi connectivity index (χ1n) is 6.28. The van der Waals surface area contributed by atoms with Crippen molar-refractivity contribution in [2.45, 2.75) is 19.4 Å². The molecule has 1 aromatic heterocycles. The number of hydrogen-bond acceptors (Lipinski definition) is 3. The second-order valence-electron chi connectivity index (χ2n) is 5.70. The molecule has 2 fully saturated rings. The van der Waals surface area contributed by atoms with Crippen LogP contribution in [0.3, 0.4) is 0 Å². The third-order valence-corrected chi connectivity index (χ3v) is 6.00. The number of carbonyl (C=O) groups excluding carboxylic acids is 1. The summed E-state index contributed by atoms with van der Waals surface area (Å²) in [5, 5.41) is 3.44. The SMILES string of the molecule is CC1(C)C2CNCC2CN1C(=O)c1ccc(Br)s1. The van der Waals surface area contributed by atoms with Crippen LogP contribution in [0.4, 0.5) is 0 Å². The summed E-state index contributed by atoms with van der Waals surface area (Å²) in [6, 6.07) is 3.86. The number of fused-ring (bicyclic) bond motifs is 1. The number of nitrogens with zero attached hydrogens (tertiary/aromatic N) is 1. The van der Waals surface area contributed by atoms with Crippen molar-refractivity contribution in [3.63, 3.8) is 0 Å². The Bertz CT molecular complexity index is 485. The van der Waals surface area contributed by atoms with Crippen molar-refractivity contribution in [3.8, 4) is 0 Å². The van der Waals surface area contributed by atoms with Gasteiger partial charge in [-0.1, -0.05) is 0 Å².